The smallest absolute Gasteiger partial charge is 0.328 e. The normalized spacial score (nSPS) is 15.1. The van der Waals surface area contributed by atoms with Gasteiger partial charge < -0.3 is 10.1 Å². The van der Waals surface area contributed by atoms with E-state index in [2.05, 4.69) is 10.3 Å². The summed E-state index contributed by atoms with van der Waals surface area (Å²) in [6.45, 7) is 1.41. The predicted octanol–water partition coefficient (Wildman–Crippen LogP) is 4.11. The van der Waals surface area contributed by atoms with Gasteiger partial charge >= 0.3 is 12.0 Å². The minimum atomic E-state index is -1.44. The summed E-state index contributed by atoms with van der Waals surface area (Å²) in [5.41, 5.74) is 1.77. The fraction of sp³-hybridized carbons (Fsp3) is 0.143. The van der Waals surface area contributed by atoms with Crippen molar-refractivity contribution < 1.29 is 23.5 Å². The molecule has 3 aromatic carbocycles. The highest BCUT2D eigenvalue weighted by Crippen LogP contribution is 2.29. The van der Waals surface area contributed by atoms with Crippen LogP contribution in [0.2, 0.25) is 0 Å². The van der Waals surface area contributed by atoms with Crippen LogP contribution in [-0.2, 0) is 14.3 Å². The molecular weight excluding hydrogens is 475 g/mol. The lowest BCUT2D eigenvalue weighted by atomic mass is 10.00. The number of esters is 1. The van der Waals surface area contributed by atoms with Crippen molar-refractivity contribution in [2.45, 2.75) is 13.1 Å². The van der Waals surface area contributed by atoms with Gasteiger partial charge in [0.15, 0.2) is 0 Å². The molecule has 1 aromatic heterocycles. The molecule has 0 saturated carbocycles. The van der Waals surface area contributed by atoms with Gasteiger partial charge in [0.05, 0.1) is 23.5 Å². The van der Waals surface area contributed by atoms with E-state index in [1.807, 2.05) is 12.1 Å². The van der Waals surface area contributed by atoms with Gasteiger partial charge in [-0.2, -0.15) is 0 Å². The van der Waals surface area contributed by atoms with Gasteiger partial charge in [-0.05, 0) is 37.3 Å². The van der Waals surface area contributed by atoms with Gasteiger partial charge in [0, 0.05) is 22.7 Å². The Bertz CT molecular complexity index is 1540. The van der Waals surface area contributed by atoms with E-state index in [0.29, 0.717) is 16.8 Å². The van der Waals surface area contributed by atoms with Crippen LogP contribution in [0.4, 0.5) is 14.9 Å². The first-order valence-electron chi connectivity index (χ1n) is 11.7. The Hall–Kier alpha value is -4.79. The van der Waals surface area contributed by atoms with Crippen molar-refractivity contribution in [3.05, 3.63) is 102 Å². The van der Waals surface area contributed by atoms with Crippen molar-refractivity contribution in [3.8, 4) is 0 Å². The fourth-order valence-corrected chi connectivity index (χ4v) is 4.34. The molecule has 1 aliphatic heterocycles. The first-order chi connectivity index (χ1) is 18.0. The van der Waals surface area contributed by atoms with Crippen molar-refractivity contribution >= 4 is 40.2 Å². The molecule has 0 bridgehead atoms. The minimum Gasteiger partial charge on any atom is -0.465 e. The lowest BCUT2D eigenvalue weighted by molar-refractivity contribution is -0.142. The number of hydrogen-bond acceptors (Lipinski definition) is 5. The third-order valence-electron chi connectivity index (χ3n) is 6.01. The van der Waals surface area contributed by atoms with Crippen molar-refractivity contribution in [1.29, 1.82) is 0 Å². The van der Waals surface area contributed by atoms with E-state index in [-0.39, 0.29) is 17.9 Å². The molecule has 186 valence electrons. The fourth-order valence-electron chi connectivity index (χ4n) is 4.34. The molecule has 1 atom stereocenters. The van der Waals surface area contributed by atoms with E-state index in [4.69, 9.17) is 4.74 Å². The van der Waals surface area contributed by atoms with Crippen LogP contribution in [0.1, 0.15) is 18.1 Å². The molecule has 0 saturated heterocycles. The lowest BCUT2D eigenvalue weighted by Gasteiger charge is -2.24. The summed E-state index contributed by atoms with van der Waals surface area (Å²) >= 11 is 0. The molecule has 9 heteroatoms. The van der Waals surface area contributed by atoms with Crippen molar-refractivity contribution in [3.63, 3.8) is 0 Å². The molecule has 1 N–H and O–H groups in total. The van der Waals surface area contributed by atoms with Crippen LogP contribution in [0.25, 0.3) is 10.9 Å². The second kappa shape index (κ2) is 10.1. The minimum absolute atomic E-state index is 0.139. The number of halogens is 1. The van der Waals surface area contributed by atoms with Gasteiger partial charge in [-0.25, -0.2) is 14.2 Å². The summed E-state index contributed by atoms with van der Waals surface area (Å²) in [6.07, 6.45) is 0.151. The number of carbonyl (C=O) groups is 3. The van der Waals surface area contributed by atoms with E-state index in [1.54, 1.807) is 73.8 Å². The summed E-state index contributed by atoms with van der Waals surface area (Å²) < 4.78 is 21.4. The Balaban J connectivity index is 1.62. The zero-order valence-electron chi connectivity index (χ0n) is 19.9. The standard InChI is InChI=1S/C28H23FN4O4/c1-2-37-24(34)17-33-23-14-8-5-11-20(23)25(19-10-4-6-12-21(19)29)30-26(27(33)35)31-28(36)32-16-15-18-9-3-7-13-22(18)32/h3-16,26H,2,17H2,1H3,(H,31,36). The SMILES string of the molecule is CCOC(=O)CN1C(=O)C(NC(=O)n2ccc3ccccc32)N=C(c2ccccc2F)c2ccccc21. The molecule has 2 amide bonds. The second-order valence-corrected chi connectivity index (χ2v) is 8.30. The number of benzodiazepines with no additional fused rings is 1. The van der Waals surface area contributed by atoms with Crippen LogP contribution in [0.5, 0.6) is 0 Å². The zero-order chi connectivity index (χ0) is 25.9. The number of ether oxygens (including phenoxy) is 1. The molecular formula is C28H23FN4O4. The van der Waals surface area contributed by atoms with Crippen LogP contribution in [0.15, 0.2) is 90.1 Å². The van der Waals surface area contributed by atoms with Gasteiger partial charge in [0.2, 0.25) is 6.17 Å². The summed E-state index contributed by atoms with van der Waals surface area (Å²) in [5.74, 6) is -1.82. The van der Waals surface area contributed by atoms with E-state index in [1.165, 1.54) is 15.5 Å². The summed E-state index contributed by atoms with van der Waals surface area (Å²) in [6, 6.07) is 21.3. The molecule has 1 aliphatic rings. The highest BCUT2D eigenvalue weighted by molar-refractivity contribution is 6.21. The Morgan fingerprint density at radius 1 is 0.973 bits per heavy atom. The van der Waals surface area contributed by atoms with Crippen LogP contribution < -0.4 is 10.2 Å². The van der Waals surface area contributed by atoms with Crippen LogP contribution >= 0.6 is 0 Å². The van der Waals surface area contributed by atoms with Gasteiger partial charge in [0.25, 0.3) is 5.91 Å². The third-order valence-corrected chi connectivity index (χ3v) is 6.01. The Morgan fingerprint density at radius 2 is 1.68 bits per heavy atom. The van der Waals surface area contributed by atoms with Crippen molar-refractivity contribution in [2.24, 2.45) is 4.99 Å². The number of hydrogen-bond donors (Lipinski definition) is 1. The molecule has 0 fully saturated rings. The number of carbonyl (C=O) groups excluding carboxylic acids is 3. The molecule has 0 spiro atoms. The molecule has 4 aromatic rings. The van der Waals surface area contributed by atoms with Gasteiger partial charge in [-0.15, -0.1) is 0 Å². The number of amides is 2. The predicted molar refractivity (Wildman–Crippen MR) is 137 cm³/mol. The van der Waals surface area contributed by atoms with Gasteiger partial charge in [-0.3, -0.25) is 19.1 Å². The Labute approximate surface area is 212 Å². The Morgan fingerprint density at radius 3 is 2.46 bits per heavy atom. The van der Waals surface area contributed by atoms with Crippen LogP contribution in [0.3, 0.4) is 0 Å². The lowest BCUT2D eigenvalue weighted by Crippen LogP contribution is -2.49. The van der Waals surface area contributed by atoms with E-state index in [0.717, 1.165) is 5.39 Å². The van der Waals surface area contributed by atoms with Crippen molar-refractivity contribution in [1.82, 2.24) is 9.88 Å². The first-order valence-corrected chi connectivity index (χ1v) is 11.7. The quantitative estimate of drug-likeness (QED) is 0.419. The molecule has 1 unspecified atom stereocenters. The number of rotatable bonds is 5. The molecule has 37 heavy (non-hydrogen) atoms. The summed E-state index contributed by atoms with van der Waals surface area (Å²) in [7, 11) is 0. The number of anilines is 1. The molecule has 0 radical (unpaired) electrons. The average Bonchev–Trinajstić information content (AvgIpc) is 3.30. The number of aliphatic imine (C=N–C) groups is 1. The average molecular weight is 499 g/mol. The number of benzene rings is 3. The third kappa shape index (κ3) is 4.58. The molecule has 2 heterocycles. The van der Waals surface area contributed by atoms with E-state index < -0.39 is 36.4 Å². The number of nitrogens with one attached hydrogen (secondary N) is 1. The number of aromatic nitrogens is 1. The molecule has 5 rings (SSSR count). The maximum atomic E-state index is 14.9. The number of fused-ring (bicyclic) bond motifs is 2. The number of para-hydroxylation sites is 2. The maximum Gasteiger partial charge on any atom is 0.328 e. The second-order valence-electron chi connectivity index (χ2n) is 8.30. The monoisotopic (exact) mass is 498 g/mol. The summed E-state index contributed by atoms with van der Waals surface area (Å²) in [4.78, 5) is 45.3. The topological polar surface area (TPSA) is 93.0 Å². The Kier molecular flexibility index (Phi) is 6.51. The van der Waals surface area contributed by atoms with Gasteiger partial charge in [0.1, 0.15) is 12.4 Å². The van der Waals surface area contributed by atoms with Crippen LogP contribution in [0, 0.1) is 5.82 Å². The first kappa shape index (κ1) is 23.9. The van der Waals surface area contributed by atoms with Crippen LogP contribution in [-0.4, -0.2) is 47.5 Å². The highest BCUT2D eigenvalue weighted by atomic mass is 19.1. The van der Waals surface area contributed by atoms with Gasteiger partial charge in [-0.1, -0.05) is 48.5 Å². The summed E-state index contributed by atoms with van der Waals surface area (Å²) in [5, 5.41) is 3.51. The molecule has 0 aliphatic carbocycles. The van der Waals surface area contributed by atoms with E-state index in [9.17, 15) is 18.8 Å². The maximum absolute atomic E-state index is 14.9. The van der Waals surface area contributed by atoms with Crippen molar-refractivity contribution in [2.75, 3.05) is 18.1 Å². The highest BCUT2D eigenvalue weighted by Gasteiger charge is 2.35. The molecule has 8 nitrogen and oxygen atoms in total. The largest absolute Gasteiger partial charge is 0.465 e. The number of nitrogens with zero attached hydrogens (tertiary/aromatic N) is 3. The van der Waals surface area contributed by atoms with E-state index >= 15 is 0 Å². The zero-order valence-corrected chi connectivity index (χ0v) is 19.9.